The van der Waals surface area contributed by atoms with Gasteiger partial charge < -0.3 is 10.1 Å². The van der Waals surface area contributed by atoms with Crippen LogP contribution < -0.4 is 5.32 Å². The summed E-state index contributed by atoms with van der Waals surface area (Å²) in [4.78, 5) is 4.00. The van der Waals surface area contributed by atoms with Crippen LogP contribution in [0.1, 0.15) is 12.8 Å². The summed E-state index contributed by atoms with van der Waals surface area (Å²) >= 11 is 3.17. The lowest BCUT2D eigenvalue weighted by molar-refractivity contribution is 0.0903. The maximum Gasteiger partial charge on any atom is 0.166 e. The number of hydrogen-bond donors (Lipinski definition) is 1. The monoisotopic (exact) mass is 274 g/mol. The minimum atomic E-state index is -0.323. The van der Waals surface area contributed by atoms with Gasteiger partial charge in [0.2, 0.25) is 0 Å². The molecule has 0 unspecified atom stereocenters. The second kappa shape index (κ2) is 4.90. The summed E-state index contributed by atoms with van der Waals surface area (Å²) in [5, 5.41) is 3.09. The second-order valence-corrected chi connectivity index (χ2v) is 4.43. The van der Waals surface area contributed by atoms with Crippen molar-refractivity contribution >= 4 is 21.7 Å². The quantitative estimate of drug-likeness (QED) is 0.900. The molecule has 0 radical (unpaired) electrons. The molecule has 1 fully saturated rings. The van der Waals surface area contributed by atoms with Gasteiger partial charge in [0.1, 0.15) is 0 Å². The van der Waals surface area contributed by atoms with Crippen molar-refractivity contribution in [1.29, 1.82) is 0 Å². The third kappa shape index (κ3) is 2.89. The first-order valence-electron chi connectivity index (χ1n) is 4.91. The van der Waals surface area contributed by atoms with Gasteiger partial charge in [-0.2, -0.15) is 0 Å². The Morgan fingerprint density at radius 1 is 1.47 bits per heavy atom. The van der Waals surface area contributed by atoms with Gasteiger partial charge in [0.25, 0.3) is 0 Å². The van der Waals surface area contributed by atoms with E-state index >= 15 is 0 Å². The van der Waals surface area contributed by atoms with E-state index in [1.165, 1.54) is 6.07 Å². The number of anilines is 1. The molecule has 1 saturated heterocycles. The smallest absolute Gasteiger partial charge is 0.166 e. The molecule has 0 saturated carbocycles. The van der Waals surface area contributed by atoms with Crippen molar-refractivity contribution in [1.82, 2.24) is 4.98 Å². The molecule has 5 heteroatoms. The number of hydrogen-bond acceptors (Lipinski definition) is 3. The van der Waals surface area contributed by atoms with E-state index in [9.17, 15) is 4.39 Å². The molecule has 82 valence electrons. The highest BCUT2D eigenvalue weighted by Gasteiger charge is 2.15. The van der Waals surface area contributed by atoms with Gasteiger partial charge in [-0.15, -0.1) is 0 Å². The first-order chi connectivity index (χ1) is 7.25. The van der Waals surface area contributed by atoms with Gasteiger partial charge in [-0.05, 0) is 34.8 Å². The van der Waals surface area contributed by atoms with Gasteiger partial charge in [0, 0.05) is 29.9 Å². The van der Waals surface area contributed by atoms with Crippen LogP contribution in [0.15, 0.2) is 16.7 Å². The lowest BCUT2D eigenvalue weighted by Crippen LogP contribution is -2.28. The van der Waals surface area contributed by atoms with Gasteiger partial charge in [0.05, 0.1) is 0 Å². The third-order valence-electron chi connectivity index (χ3n) is 2.37. The molecule has 0 aliphatic carbocycles. The standard InChI is InChI=1S/C10H12BrFN2O/c11-7-5-9(12)10(13-6-7)14-8-1-3-15-4-2-8/h5-6,8H,1-4H2,(H,13,14). The lowest BCUT2D eigenvalue weighted by Gasteiger charge is -2.23. The Bertz CT molecular complexity index is 342. The maximum atomic E-state index is 13.4. The summed E-state index contributed by atoms with van der Waals surface area (Å²) in [6.07, 6.45) is 3.39. The Kier molecular flexibility index (Phi) is 3.53. The molecule has 1 N–H and O–H groups in total. The number of aromatic nitrogens is 1. The van der Waals surface area contributed by atoms with Crippen molar-refractivity contribution in [3.8, 4) is 0 Å². The zero-order valence-corrected chi connectivity index (χ0v) is 9.76. The summed E-state index contributed by atoms with van der Waals surface area (Å²) in [5.74, 6) is 0.000895. The van der Waals surface area contributed by atoms with Crippen LogP contribution in [0.25, 0.3) is 0 Å². The summed E-state index contributed by atoms with van der Waals surface area (Å²) < 4.78 is 19.3. The van der Waals surface area contributed by atoms with Crippen LogP contribution in [0.3, 0.4) is 0 Å². The van der Waals surface area contributed by atoms with Gasteiger partial charge in [0.15, 0.2) is 11.6 Å². The first-order valence-corrected chi connectivity index (χ1v) is 5.70. The van der Waals surface area contributed by atoms with Crippen molar-refractivity contribution in [2.24, 2.45) is 0 Å². The van der Waals surface area contributed by atoms with Crippen LogP contribution in [0.2, 0.25) is 0 Å². The first kappa shape index (κ1) is 10.8. The lowest BCUT2D eigenvalue weighted by atomic mass is 10.1. The number of nitrogens with one attached hydrogen (secondary N) is 1. The highest BCUT2D eigenvalue weighted by Crippen LogP contribution is 2.19. The third-order valence-corrected chi connectivity index (χ3v) is 2.80. The van der Waals surface area contributed by atoms with Crippen molar-refractivity contribution in [3.05, 3.63) is 22.6 Å². The van der Waals surface area contributed by atoms with Gasteiger partial charge >= 0.3 is 0 Å². The Balaban J connectivity index is 2.03. The van der Waals surface area contributed by atoms with Gasteiger partial charge in [-0.25, -0.2) is 9.37 Å². The number of pyridine rings is 1. The largest absolute Gasteiger partial charge is 0.381 e. The fraction of sp³-hybridized carbons (Fsp3) is 0.500. The number of ether oxygens (including phenoxy) is 1. The maximum absolute atomic E-state index is 13.4. The van der Waals surface area contributed by atoms with Crippen molar-refractivity contribution in [3.63, 3.8) is 0 Å². The summed E-state index contributed by atoms with van der Waals surface area (Å²) in [5.41, 5.74) is 0. The summed E-state index contributed by atoms with van der Waals surface area (Å²) in [7, 11) is 0. The number of halogens is 2. The molecule has 2 heterocycles. The fourth-order valence-electron chi connectivity index (χ4n) is 1.56. The number of nitrogens with zero attached hydrogens (tertiary/aromatic N) is 1. The Labute approximate surface area is 96.2 Å². The molecule has 0 amide bonds. The van der Waals surface area contributed by atoms with Gasteiger partial charge in [-0.3, -0.25) is 0 Å². The highest BCUT2D eigenvalue weighted by molar-refractivity contribution is 9.10. The molecule has 0 aromatic carbocycles. The molecular formula is C10H12BrFN2O. The topological polar surface area (TPSA) is 34.2 Å². The number of rotatable bonds is 2. The van der Waals surface area contributed by atoms with E-state index in [0.29, 0.717) is 10.3 Å². The minimum Gasteiger partial charge on any atom is -0.381 e. The Morgan fingerprint density at radius 2 is 2.20 bits per heavy atom. The Hall–Kier alpha value is -0.680. The average Bonchev–Trinajstić information content (AvgIpc) is 2.24. The molecule has 1 aromatic heterocycles. The van der Waals surface area contributed by atoms with Crippen LogP contribution in [0.5, 0.6) is 0 Å². The molecular weight excluding hydrogens is 263 g/mol. The van der Waals surface area contributed by atoms with E-state index in [0.717, 1.165) is 26.1 Å². The van der Waals surface area contributed by atoms with E-state index in [1.54, 1.807) is 6.20 Å². The van der Waals surface area contributed by atoms with Crippen LogP contribution in [-0.4, -0.2) is 24.2 Å². The SMILES string of the molecule is Fc1cc(Br)cnc1NC1CCOCC1. The predicted molar refractivity (Wildman–Crippen MR) is 59.4 cm³/mol. The van der Waals surface area contributed by atoms with E-state index in [-0.39, 0.29) is 11.9 Å². The predicted octanol–water partition coefficient (Wildman–Crippen LogP) is 2.57. The van der Waals surface area contributed by atoms with E-state index in [4.69, 9.17) is 4.74 Å². The summed E-state index contributed by atoms with van der Waals surface area (Å²) in [6, 6.07) is 1.68. The van der Waals surface area contributed by atoms with E-state index in [2.05, 4.69) is 26.2 Å². The molecule has 2 rings (SSSR count). The second-order valence-electron chi connectivity index (χ2n) is 3.51. The zero-order valence-electron chi connectivity index (χ0n) is 8.17. The molecule has 1 aliphatic rings. The summed E-state index contributed by atoms with van der Waals surface area (Å²) in [6.45, 7) is 1.46. The fourth-order valence-corrected chi connectivity index (χ4v) is 1.86. The van der Waals surface area contributed by atoms with Crippen molar-refractivity contribution in [2.45, 2.75) is 18.9 Å². The molecule has 3 nitrogen and oxygen atoms in total. The minimum absolute atomic E-state index is 0.266. The molecule has 0 atom stereocenters. The normalized spacial score (nSPS) is 17.7. The molecule has 0 bridgehead atoms. The van der Waals surface area contributed by atoms with E-state index in [1.807, 2.05) is 0 Å². The molecule has 15 heavy (non-hydrogen) atoms. The average molecular weight is 275 g/mol. The van der Waals surface area contributed by atoms with Crippen molar-refractivity contribution < 1.29 is 9.13 Å². The van der Waals surface area contributed by atoms with Crippen LogP contribution in [0, 0.1) is 5.82 Å². The van der Waals surface area contributed by atoms with Gasteiger partial charge in [-0.1, -0.05) is 0 Å². The van der Waals surface area contributed by atoms with Crippen LogP contribution >= 0.6 is 15.9 Å². The molecule has 0 spiro atoms. The van der Waals surface area contributed by atoms with Crippen molar-refractivity contribution in [2.75, 3.05) is 18.5 Å². The Morgan fingerprint density at radius 3 is 2.87 bits per heavy atom. The molecule has 1 aromatic rings. The van der Waals surface area contributed by atoms with Crippen LogP contribution in [0.4, 0.5) is 10.2 Å². The highest BCUT2D eigenvalue weighted by atomic mass is 79.9. The zero-order chi connectivity index (χ0) is 10.7. The van der Waals surface area contributed by atoms with E-state index < -0.39 is 0 Å². The molecule has 1 aliphatic heterocycles. The van der Waals surface area contributed by atoms with Crippen LogP contribution in [-0.2, 0) is 4.74 Å².